The number of aromatic amines is 2. The third-order valence-electron chi connectivity index (χ3n) is 16.8. The average Bonchev–Trinajstić information content (AvgIpc) is 3.11. The summed E-state index contributed by atoms with van der Waals surface area (Å²) in [4.78, 5) is 57.3. The summed E-state index contributed by atoms with van der Waals surface area (Å²) in [5.41, 5.74) is 8.54. The molecule has 3 saturated heterocycles. The van der Waals surface area contributed by atoms with Gasteiger partial charge in [-0.25, -0.2) is 9.78 Å². The number of aliphatic hydroxyl groups is 10. The molecular weight excluding hydrogens is 1140 g/mol. The Balaban J connectivity index is 1.02. The second kappa shape index (κ2) is 28.4. The summed E-state index contributed by atoms with van der Waals surface area (Å²) in [6.45, 7) is 9.62. The van der Waals surface area contributed by atoms with Crippen LogP contribution in [0.25, 0.3) is 33.2 Å². The number of nitrogens with one attached hydrogen (secondary N) is 2. The number of allylic oxidation sites excluding steroid dienone is 1. The van der Waals surface area contributed by atoms with Crippen LogP contribution < -0.4 is 0 Å². The quantitative estimate of drug-likeness (QED) is 0.0399. The zero-order chi connectivity index (χ0) is 61.9. The molecule has 3 aromatic rings. The Kier molecular flexibility index (Phi) is 22.1. The second-order valence-electron chi connectivity index (χ2n) is 21.9. The van der Waals surface area contributed by atoms with Gasteiger partial charge in [0, 0.05) is 63.8 Å². The normalized spacial score (nSPS) is 31.0. The Labute approximate surface area is 494 Å². The predicted molar refractivity (Wildman–Crippen MR) is 303 cm³/mol. The van der Waals surface area contributed by atoms with Gasteiger partial charge in [0.25, 0.3) is 0 Å². The van der Waals surface area contributed by atoms with E-state index in [2.05, 4.69) is 9.97 Å². The maximum absolute atomic E-state index is 13.7. The molecular formula is C58H80N4O22S. The number of carbonyl (C=O) groups is 3. The van der Waals surface area contributed by atoms with Crippen molar-refractivity contribution in [2.45, 2.75) is 183 Å². The number of hydrogen-bond acceptors (Lipinski definition) is 25. The molecule has 12 N–H and O–H groups in total. The molecule has 5 aliphatic rings. The highest BCUT2D eigenvalue weighted by atomic mass is 32.2. The molecule has 7 unspecified atom stereocenters. The Hall–Kier alpha value is -5.02. The number of thioether (sulfide) groups is 1. The molecule has 18 atom stereocenters. The number of carbonyl (C=O) groups excluding carboxylic acids is 3. The topological polar surface area (TPSA) is 394 Å². The van der Waals surface area contributed by atoms with Crippen LogP contribution in [0.3, 0.4) is 0 Å². The summed E-state index contributed by atoms with van der Waals surface area (Å²) in [7, 11) is 3.87. The van der Waals surface area contributed by atoms with E-state index < -0.39 is 141 Å². The van der Waals surface area contributed by atoms with E-state index in [9.17, 15) is 65.4 Å². The molecule has 3 aromatic heterocycles. The number of aryl methyl sites for hydroxylation is 3. The highest BCUT2D eigenvalue weighted by Gasteiger charge is 2.53. The first-order valence-corrected chi connectivity index (χ1v) is 29.4. The molecule has 470 valence electrons. The van der Waals surface area contributed by atoms with Crippen LogP contribution in [-0.2, 0) is 69.9 Å². The van der Waals surface area contributed by atoms with Crippen LogP contribution in [0.4, 0.5) is 0 Å². The van der Waals surface area contributed by atoms with Gasteiger partial charge in [-0.1, -0.05) is 13.8 Å². The van der Waals surface area contributed by atoms with Gasteiger partial charge in [-0.3, -0.25) is 14.6 Å². The van der Waals surface area contributed by atoms with Crippen LogP contribution in [0, 0.1) is 13.8 Å². The minimum Gasteiger partial charge on any atom is -0.469 e. The summed E-state index contributed by atoms with van der Waals surface area (Å²) in [6, 6.07) is 5.85. The standard InChI is InChI=1S/C58H80N4O22S/c1-10-28-23(2)31-19-36-42(25(4)33(60-36)17-32-24(3)29(12-13-40(66)76-7)44(61-32)30(16-41(67)77-8)45-43(55(75)78-9)26(5)34(62-45)18-35(28)59-31)27(6)79-14-11-15-85-58-52(74)49(71)54(39(22-65)82-58)84-57-51(73)48(70)53(38(21-64)81-57)83-56-50(72)47(69)46(68)37(20-63)80-56/h17-19,24,27,29,37-39,46-54,56-60,63-65,68-74H,10-16,20-22H2,1-9H3/t24-,27?,29-,37?,38?,39?,46+,47-,48+,49+,50?,51?,52?,53+,54-,56+,57+,58-/m0/s1. The van der Waals surface area contributed by atoms with E-state index >= 15 is 0 Å². The fourth-order valence-corrected chi connectivity index (χ4v) is 12.9. The summed E-state index contributed by atoms with van der Waals surface area (Å²) < 4.78 is 50.7. The molecule has 26 nitrogen and oxygen atoms in total. The van der Waals surface area contributed by atoms with Gasteiger partial charge in [0.05, 0.1) is 76.3 Å². The van der Waals surface area contributed by atoms with Gasteiger partial charge in [-0.2, -0.15) is 0 Å². The van der Waals surface area contributed by atoms with Gasteiger partial charge in [-0.05, 0) is 93.2 Å². The smallest absolute Gasteiger partial charge is 0.340 e. The van der Waals surface area contributed by atoms with Gasteiger partial charge in [0.1, 0.15) is 78.7 Å². The lowest BCUT2D eigenvalue weighted by molar-refractivity contribution is -0.371. The number of hydrogen-bond donors (Lipinski definition) is 12. The van der Waals surface area contributed by atoms with Crippen molar-refractivity contribution >= 4 is 62.9 Å². The number of aliphatic hydroxyl groups excluding tert-OH is 10. The van der Waals surface area contributed by atoms with Crippen LogP contribution in [0.5, 0.6) is 0 Å². The van der Waals surface area contributed by atoms with Crippen molar-refractivity contribution in [3.63, 3.8) is 0 Å². The molecule has 85 heavy (non-hydrogen) atoms. The first kappa shape index (κ1) is 65.9. The number of fused-ring (bicyclic) bond motifs is 8. The van der Waals surface area contributed by atoms with Crippen molar-refractivity contribution in [3.8, 4) is 0 Å². The molecule has 0 radical (unpaired) electrons. The number of esters is 3. The molecule has 0 spiro atoms. The molecule has 0 aliphatic carbocycles. The molecule has 0 aromatic carbocycles. The van der Waals surface area contributed by atoms with E-state index in [1.165, 1.54) is 21.3 Å². The zero-order valence-corrected chi connectivity index (χ0v) is 49.7. The minimum absolute atomic E-state index is 0.0460. The van der Waals surface area contributed by atoms with Crippen LogP contribution >= 0.6 is 11.8 Å². The van der Waals surface area contributed by atoms with Crippen molar-refractivity contribution in [1.82, 2.24) is 19.9 Å². The average molecular weight is 1220 g/mol. The SMILES string of the molecule is CCc1c(C)c2cc3[nH]c(cc4nc(c(CC(=O)OC)c5nc(cc1[nH]2)C(C)=C5C(=O)OC)[C@@H](CCC(=O)OC)[C@@H]4C)c(C)c3C(C)OCCCS[C@@H]1OC(CO)[C@H](O[C@H]2OC(CO)[C@@H](O[C@H]3OC(CO)[C@@H](O)[C@H](O)C3O)[C@H](O)C2O)[C@H](O)C1O. The summed E-state index contributed by atoms with van der Waals surface area (Å²) >= 11 is 1.15. The molecule has 3 fully saturated rings. The Morgan fingerprint density at radius 1 is 0.682 bits per heavy atom. The van der Waals surface area contributed by atoms with Crippen LogP contribution in [0.1, 0.15) is 115 Å². The van der Waals surface area contributed by atoms with Crippen LogP contribution in [-0.4, -0.2) is 234 Å². The van der Waals surface area contributed by atoms with Gasteiger partial charge < -0.3 is 104 Å². The Morgan fingerprint density at radius 2 is 1.28 bits per heavy atom. The minimum atomic E-state index is -1.96. The fourth-order valence-electron chi connectivity index (χ4n) is 11.8. The molecule has 0 saturated carbocycles. The van der Waals surface area contributed by atoms with Crippen molar-refractivity contribution in [3.05, 3.63) is 68.8 Å². The van der Waals surface area contributed by atoms with E-state index in [0.717, 1.165) is 56.1 Å². The molecule has 8 rings (SSSR count). The molecule has 8 heterocycles. The summed E-state index contributed by atoms with van der Waals surface area (Å²) in [5.74, 6) is -2.05. The summed E-state index contributed by atoms with van der Waals surface area (Å²) in [5, 5.41) is 106. The second-order valence-corrected chi connectivity index (χ2v) is 23.1. The van der Waals surface area contributed by atoms with Crippen molar-refractivity contribution in [2.75, 3.05) is 53.5 Å². The van der Waals surface area contributed by atoms with Crippen molar-refractivity contribution in [2.24, 2.45) is 0 Å². The van der Waals surface area contributed by atoms with Gasteiger partial charge in [0.2, 0.25) is 0 Å². The first-order valence-electron chi connectivity index (χ1n) is 28.3. The Bertz CT molecular complexity index is 3080. The molecule has 27 heteroatoms. The number of aromatic nitrogens is 4. The van der Waals surface area contributed by atoms with E-state index in [1.807, 2.05) is 52.8 Å². The first-order chi connectivity index (χ1) is 40.5. The zero-order valence-electron chi connectivity index (χ0n) is 48.9. The lowest BCUT2D eigenvalue weighted by Crippen LogP contribution is -2.66. The molecule has 5 aliphatic heterocycles. The van der Waals surface area contributed by atoms with Crippen molar-refractivity contribution in [1.29, 1.82) is 0 Å². The van der Waals surface area contributed by atoms with Gasteiger partial charge in [0.15, 0.2) is 12.6 Å². The number of H-pyrrole nitrogens is 2. The third-order valence-corrected chi connectivity index (χ3v) is 18.0. The van der Waals surface area contributed by atoms with Gasteiger partial charge >= 0.3 is 17.9 Å². The molecule has 0 amide bonds. The highest BCUT2D eigenvalue weighted by Crippen LogP contribution is 2.45. The maximum Gasteiger partial charge on any atom is 0.340 e. The third kappa shape index (κ3) is 13.5. The number of nitrogens with zero attached hydrogens (tertiary/aromatic N) is 2. The van der Waals surface area contributed by atoms with Crippen molar-refractivity contribution < 1.29 is 108 Å². The van der Waals surface area contributed by atoms with Gasteiger partial charge in [-0.15, -0.1) is 11.8 Å². The van der Waals surface area contributed by atoms with E-state index in [1.54, 1.807) is 6.92 Å². The lowest BCUT2D eigenvalue weighted by Gasteiger charge is -2.48. The summed E-state index contributed by atoms with van der Waals surface area (Å²) in [6.07, 6.45) is -22.8. The van der Waals surface area contributed by atoms with E-state index in [0.29, 0.717) is 53.2 Å². The number of methoxy groups -OCH3 is 3. The highest BCUT2D eigenvalue weighted by molar-refractivity contribution is 7.99. The van der Waals surface area contributed by atoms with E-state index in [4.69, 9.17) is 52.6 Å². The largest absolute Gasteiger partial charge is 0.469 e. The lowest BCUT2D eigenvalue weighted by atomic mass is 9.84. The monoisotopic (exact) mass is 1220 g/mol. The predicted octanol–water partition coefficient (Wildman–Crippen LogP) is 0.803. The number of ether oxygens (including phenoxy) is 9. The fraction of sp³-hybridized carbons (Fsp3) is 0.638. The van der Waals surface area contributed by atoms with Crippen LogP contribution in [0.2, 0.25) is 0 Å². The Morgan fingerprint density at radius 3 is 1.91 bits per heavy atom. The maximum atomic E-state index is 13.7. The van der Waals surface area contributed by atoms with E-state index in [-0.39, 0.29) is 36.6 Å². The molecule has 8 bridgehead atoms. The van der Waals surface area contributed by atoms with Crippen LogP contribution in [0.15, 0.2) is 18.2 Å². The number of rotatable bonds is 21.